The summed E-state index contributed by atoms with van der Waals surface area (Å²) in [5.74, 6) is -2.02. The quantitative estimate of drug-likeness (QED) is 0.324. The van der Waals surface area contributed by atoms with Crippen molar-refractivity contribution in [2.75, 3.05) is 19.0 Å². The van der Waals surface area contributed by atoms with Crippen LogP contribution in [0, 0.1) is 15.9 Å². The molecule has 0 aliphatic carbocycles. The molecule has 146 valence electrons. The lowest BCUT2D eigenvalue weighted by Crippen LogP contribution is -2.20. The van der Waals surface area contributed by atoms with Crippen LogP contribution in [0.3, 0.4) is 0 Å². The highest BCUT2D eigenvalue weighted by Crippen LogP contribution is 2.26. The lowest BCUT2D eigenvalue weighted by atomic mass is 10.2. The molecule has 0 fully saturated rings. The van der Waals surface area contributed by atoms with E-state index < -0.39 is 29.2 Å². The third-order valence-corrected chi connectivity index (χ3v) is 3.68. The average Bonchev–Trinajstić information content (AvgIpc) is 2.66. The number of amides is 1. The maximum atomic E-state index is 13.6. The molecule has 2 rings (SSSR count). The van der Waals surface area contributed by atoms with Crippen LogP contribution in [-0.4, -0.2) is 30.5 Å². The Morgan fingerprint density at radius 3 is 2.64 bits per heavy atom. The summed E-state index contributed by atoms with van der Waals surface area (Å²) in [7, 11) is 1.33. The number of non-ortho nitro benzene ring substituents is 1. The van der Waals surface area contributed by atoms with Crippen molar-refractivity contribution in [1.82, 2.24) is 0 Å². The van der Waals surface area contributed by atoms with Gasteiger partial charge in [-0.05, 0) is 29.8 Å². The van der Waals surface area contributed by atoms with E-state index in [0.29, 0.717) is 5.56 Å². The van der Waals surface area contributed by atoms with E-state index in [1.807, 2.05) is 0 Å². The van der Waals surface area contributed by atoms with E-state index >= 15 is 0 Å². The number of anilines is 1. The molecule has 0 heterocycles. The van der Waals surface area contributed by atoms with E-state index in [4.69, 9.17) is 21.1 Å². The van der Waals surface area contributed by atoms with Crippen molar-refractivity contribution in [1.29, 1.82) is 0 Å². The fourth-order valence-corrected chi connectivity index (χ4v) is 2.26. The minimum atomic E-state index is -0.818. The van der Waals surface area contributed by atoms with Gasteiger partial charge < -0.3 is 14.8 Å². The highest BCUT2D eigenvalue weighted by atomic mass is 35.5. The highest BCUT2D eigenvalue weighted by molar-refractivity contribution is 6.34. The maximum Gasteiger partial charge on any atom is 0.331 e. The number of methoxy groups -OCH3 is 1. The molecule has 2 aromatic carbocycles. The Kier molecular flexibility index (Phi) is 7.05. The molecule has 0 bridgehead atoms. The number of ether oxygens (including phenoxy) is 2. The third-order valence-electron chi connectivity index (χ3n) is 3.37. The first-order valence-corrected chi connectivity index (χ1v) is 8.10. The van der Waals surface area contributed by atoms with Gasteiger partial charge in [-0.25, -0.2) is 9.18 Å². The Morgan fingerprint density at radius 1 is 1.29 bits per heavy atom. The molecule has 1 N–H and O–H groups in total. The number of nitro groups is 1. The smallest absolute Gasteiger partial charge is 0.331 e. The first-order valence-electron chi connectivity index (χ1n) is 7.72. The number of rotatable bonds is 7. The maximum absolute atomic E-state index is 13.6. The molecule has 10 heteroatoms. The summed E-state index contributed by atoms with van der Waals surface area (Å²) in [6, 6.07) is 7.63. The van der Waals surface area contributed by atoms with Gasteiger partial charge in [-0.1, -0.05) is 17.7 Å². The molecule has 2 aromatic rings. The number of carbonyl (C=O) groups is 2. The number of nitro benzene ring substituents is 1. The second-order valence-electron chi connectivity index (χ2n) is 5.30. The van der Waals surface area contributed by atoms with Crippen molar-refractivity contribution in [3.63, 3.8) is 0 Å². The topological polar surface area (TPSA) is 108 Å². The van der Waals surface area contributed by atoms with Crippen LogP contribution in [-0.2, 0) is 14.3 Å². The van der Waals surface area contributed by atoms with E-state index in [1.165, 1.54) is 43.5 Å². The Bertz CT molecular complexity index is 948. The standard InChI is InChI=1S/C18H14ClFN2O6/c1-27-16-6-2-11(8-14(16)20)3-7-18(24)28-10-17(23)21-15-5-4-12(22(25)26)9-13(15)19/h2-9H,10H2,1H3,(H,21,23)/b7-3+. The van der Waals surface area contributed by atoms with Crippen molar-refractivity contribution in [3.8, 4) is 5.75 Å². The molecule has 28 heavy (non-hydrogen) atoms. The van der Waals surface area contributed by atoms with Gasteiger partial charge in [-0.3, -0.25) is 14.9 Å². The van der Waals surface area contributed by atoms with Gasteiger partial charge in [0.2, 0.25) is 0 Å². The summed E-state index contributed by atoms with van der Waals surface area (Å²) in [6.45, 7) is -0.604. The molecule has 0 radical (unpaired) electrons. The average molecular weight is 409 g/mol. The van der Waals surface area contributed by atoms with Gasteiger partial charge in [0.1, 0.15) is 0 Å². The summed E-state index contributed by atoms with van der Waals surface area (Å²) in [5.41, 5.74) is 0.310. The van der Waals surface area contributed by atoms with Crippen LogP contribution in [0.5, 0.6) is 5.75 Å². The summed E-state index contributed by atoms with van der Waals surface area (Å²) in [6.07, 6.45) is 2.35. The van der Waals surface area contributed by atoms with Crippen molar-refractivity contribution in [2.45, 2.75) is 0 Å². The fraction of sp³-hybridized carbons (Fsp3) is 0.111. The predicted octanol–water partition coefficient (Wildman–Crippen LogP) is 3.59. The Labute approximate surface area is 163 Å². The van der Waals surface area contributed by atoms with Crippen LogP contribution < -0.4 is 10.1 Å². The van der Waals surface area contributed by atoms with Crippen LogP contribution in [0.4, 0.5) is 15.8 Å². The van der Waals surface area contributed by atoms with Crippen molar-refractivity contribution < 1.29 is 28.4 Å². The van der Waals surface area contributed by atoms with Crippen LogP contribution in [0.1, 0.15) is 5.56 Å². The minimum Gasteiger partial charge on any atom is -0.494 e. The van der Waals surface area contributed by atoms with Gasteiger partial charge in [0.15, 0.2) is 18.2 Å². The Balaban J connectivity index is 1.87. The molecule has 8 nitrogen and oxygen atoms in total. The van der Waals surface area contributed by atoms with Gasteiger partial charge in [-0.15, -0.1) is 0 Å². The van der Waals surface area contributed by atoms with E-state index in [9.17, 15) is 24.1 Å². The second kappa shape index (κ2) is 9.47. The number of esters is 1. The molecule has 0 atom stereocenters. The Hall–Kier alpha value is -3.46. The number of nitrogens with one attached hydrogen (secondary N) is 1. The summed E-state index contributed by atoms with van der Waals surface area (Å²) in [5, 5.41) is 13.0. The molecular weight excluding hydrogens is 395 g/mol. The molecule has 0 saturated carbocycles. The number of hydrogen-bond donors (Lipinski definition) is 1. The first-order chi connectivity index (χ1) is 13.3. The van der Waals surface area contributed by atoms with Gasteiger partial charge in [-0.2, -0.15) is 0 Å². The van der Waals surface area contributed by atoms with Gasteiger partial charge in [0.05, 0.1) is 22.7 Å². The van der Waals surface area contributed by atoms with E-state index in [2.05, 4.69) is 5.32 Å². The van der Waals surface area contributed by atoms with Crippen LogP contribution in [0.15, 0.2) is 42.5 Å². The molecular formula is C18H14ClFN2O6. The van der Waals surface area contributed by atoms with Gasteiger partial charge >= 0.3 is 5.97 Å². The normalized spacial score (nSPS) is 10.5. The molecule has 0 aliphatic rings. The fourth-order valence-electron chi connectivity index (χ4n) is 2.04. The second-order valence-corrected chi connectivity index (χ2v) is 5.71. The predicted molar refractivity (Wildman–Crippen MR) is 99.7 cm³/mol. The van der Waals surface area contributed by atoms with Gasteiger partial charge in [0, 0.05) is 18.2 Å². The van der Waals surface area contributed by atoms with Crippen molar-refractivity contribution in [2.24, 2.45) is 0 Å². The summed E-state index contributed by atoms with van der Waals surface area (Å²) < 4.78 is 23.1. The van der Waals surface area contributed by atoms with Crippen LogP contribution in [0.25, 0.3) is 6.08 Å². The molecule has 1 amide bonds. The number of carbonyl (C=O) groups excluding carboxylic acids is 2. The van der Waals surface area contributed by atoms with E-state index in [0.717, 1.165) is 12.1 Å². The number of halogens is 2. The van der Waals surface area contributed by atoms with Crippen LogP contribution in [0.2, 0.25) is 5.02 Å². The SMILES string of the molecule is COc1ccc(/C=C/C(=O)OCC(=O)Nc2ccc([N+](=O)[O-])cc2Cl)cc1F. The summed E-state index contributed by atoms with van der Waals surface area (Å²) >= 11 is 5.85. The van der Waals surface area contributed by atoms with Crippen LogP contribution >= 0.6 is 11.6 Å². The molecule has 0 unspecified atom stereocenters. The van der Waals surface area contributed by atoms with E-state index in [-0.39, 0.29) is 22.1 Å². The number of benzene rings is 2. The summed E-state index contributed by atoms with van der Waals surface area (Å²) in [4.78, 5) is 33.5. The number of hydrogen-bond acceptors (Lipinski definition) is 6. The van der Waals surface area contributed by atoms with Crippen molar-refractivity contribution >= 4 is 40.9 Å². The van der Waals surface area contributed by atoms with E-state index in [1.54, 1.807) is 0 Å². The van der Waals surface area contributed by atoms with Crippen molar-refractivity contribution in [3.05, 3.63) is 69.0 Å². The molecule has 0 aliphatic heterocycles. The molecule has 0 saturated heterocycles. The molecule has 0 spiro atoms. The largest absolute Gasteiger partial charge is 0.494 e. The van der Waals surface area contributed by atoms with Gasteiger partial charge in [0.25, 0.3) is 11.6 Å². The molecule has 0 aromatic heterocycles. The number of nitrogens with zero attached hydrogens (tertiary/aromatic N) is 1. The Morgan fingerprint density at radius 2 is 2.04 bits per heavy atom. The minimum absolute atomic E-state index is 0.0321. The highest BCUT2D eigenvalue weighted by Gasteiger charge is 2.12. The zero-order valence-electron chi connectivity index (χ0n) is 14.5. The lowest BCUT2D eigenvalue weighted by molar-refractivity contribution is -0.384. The zero-order chi connectivity index (χ0) is 20.7. The third kappa shape index (κ3) is 5.78. The zero-order valence-corrected chi connectivity index (χ0v) is 15.2. The first kappa shape index (κ1) is 20.8. The lowest BCUT2D eigenvalue weighted by Gasteiger charge is -2.07. The monoisotopic (exact) mass is 408 g/mol.